The molecular weight excluding hydrogens is 611 g/mol. The fourth-order valence-electron chi connectivity index (χ4n) is 7.07. The van der Waals surface area contributed by atoms with Gasteiger partial charge in [-0.3, -0.25) is 19.3 Å². The zero-order valence-electron chi connectivity index (χ0n) is 25.4. The minimum Gasteiger partial charge on any atom is -0.355 e. The first-order valence-corrected chi connectivity index (χ1v) is 15.8. The van der Waals surface area contributed by atoms with Crippen molar-refractivity contribution in [3.05, 3.63) is 63.1 Å². The Morgan fingerprint density at radius 1 is 1.09 bits per heavy atom. The zero-order valence-corrected chi connectivity index (χ0v) is 26.9. The Morgan fingerprint density at radius 3 is 2.45 bits per heavy atom. The van der Waals surface area contributed by atoms with Crippen LogP contribution in [-0.4, -0.2) is 78.9 Å². The molecule has 3 aliphatic rings. The summed E-state index contributed by atoms with van der Waals surface area (Å²) in [5.74, 6) is -3.26. The number of hydrogen-bond donors (Lipinski definition) is 3. The van der Waals surface area contributed by atoms with E-state index in [0.29, 0.717) is 43.7 Å². The quantitative estimate of drug-likeness (QED) is 0.379. The van der Waals surface area contributed by atoms with E-state index in [9.17, 15) is 14.4 Å². The van der Waals surface area contributed by atoms with Crippen LogP contribution < -0.4 is 16.0 Å². The molecule has 8 nitrogen and oxygen atoms in total. The van der Waals surface area contributed by atoms with Crippen LogP contribution in [-0.2, 0) is 19.8 Å². The molecule has 44 heavy (non-hydrogen) atoms. The number of benzene rings is 2. The molecule has 2 aromatic rings. The van der Waals surface area contributed by atoms with Crippen LogP contribution in [0.15, 0.2) is 30.3 Å². The molecule has 0 radical (unpaired) electrons. The van der Waals surface area contributed by atoms with E-state index < -0.39 is 41.0 Å². The fourth-order valence-corrected chi connectivity index (χ4v) is 7.42. The third-order valence-corrected chi connectivity index (χ3v) is 9.65. The highest BCUT2D eigenvalue weighted by Gasteiger charge is 2.66. The highest BCUT2D eigenvalue weighted by atomic mass is 35.5. The predicted molar refractivity (Wildman–Crippen MR) is 167 cm³/mol. The summed E-state index contributed by atoms with van der Waals surface area (Å²) in [5, 5.41) is 8.97. The number of nitrogens with zero attached hydrogens (tertiary/aromatic N) is 2. The van der Waals surface area contributed by atoms with Gasteiger partial charge in [0, 0.05) is 57.3 Å². The zero-order chi connectivity index (χ0) is 32.0. The SMILES string of the molecule is CC(=O)N1CCN(CCCNC(=O)[C@@H]2N[C@H](CC(C)(C)C)[C@]3(C(=O)Nc4cc(Cl)c(F)cc43)[C@H]2c2cccc(Cl)c2F)CC1. The number of rotatable bonds is 7. The monoisotopic (exact) mass is 649 g/mol. The molecule has 12 heteroatoms. The van der Waals surface area contributed by atoms with Crippen molar-refractivity contribution in [1.82, 2.24) is 20.4 Å². The topological polar surface area (TPSA) is 93.8 Å². The van der Waals surface area contributed by atoms with Gasteiger partial charge >= 0.3 is 0 Å². The Hall–Kier alpha value is -2.79. The van der Waals surface area contributed by atoms with E-state index >= 15 is 8.78 Å². The molecular formula is C32H39Cl2F2N5O3. The summed E-state index contributed by atoms with van der Waals surface area (Å²) >= 11 is 12.3. The van der Waals surface area contributed by atoms with E-state index in [0.717, 1.165) is 19.6 Å². The van der Waals surface area contributed by atoms with Crippen molar-refractivity contribution in [2.75, 3.05) is 44.6 Å². The number of nitrogens with one attached hydrogen (secondary N) is 3. The predicted octanol–water partition coefficient (Wildman–Crippen LogP) is 4.69. The molecule has 0 bridgehead atoms. The van der Waals surface area contributed by atoms with Gasteiger partial charge in [-0.15, -0.1) is 0 Å². The van der Waals surface area contributed by atoms with Crippen molar-refractivity contribution >= 4 is 46.6 Å². The van der Waals surface area contributed by atoms with Crippen molar-refractivity contribution < 1.29 is 23.2 Å². The van der Waals surface area contributed by atoms with Gasteiger partial charge in [-0.1, -0.05) is 56.1 Å². The van der Waals surface area contributed by atoms with Crippen molar-refractivity contribution in [1.29, 1.82) is 0 Å². The van der Waals surface area contributed by atoms with Gasteiger partial charge in [-0.2, -0.15) is 0 Å². The Balaban J connectivity index is 1.47. The maximum atomic E-state index is 15.9. The molecule has 5 rings (SSSR count). The molecule has 2 saturated heterocycles. The largest absolute Gasteiger partial charge is 0.355 e. The van der Waals surface area contributed by atoms with Gasteiger partial charge in [0.1, 0.15) is 17.0 Å². The van der Waals surface area contributed by atoms with Crippen molar-refractivity contribution in [3.8, 4) is 0 Å². The second kappa shape index (κ2) is 12.5. The van der Waals surface area contributed by atoms with Gasteiger partial charge in [-0.05, 0) is 54.1 Å². The molecule has 3 N–H and O–H groups in total. The number of carbonyl (C=O) groups excluding carboxylic acids is 3. The summed E-state index contributed by atoms with van der Waals surface area (Å²) in [6.07, 6.45) is 1.09. The lowest BCUT2D eigenvalue weighted by Crippen LogP contribution is -2.49. The number of amides is 3. The maximum Gasteiger partial charge on any atom is 0.237 e. The van der Waals surface area contributed by atoms with Crippen LogP contribution in [0.25, 0.3) is 0 Å². The lowest BCUT2D eigenvalue weighted by Gasteiger charge is -2.37. The molecule has 0 aromatic heterocycles. The summed E-state index contributed by atoms with van der Waals surface area (Å²) in [5.41, 5.74) is -1.08. The number of halogens is 4. The molecule has 3 heterocycles. The van der Waals surface area contributed by atoms with Crippen LogP contribution >= 0.6 is 23.2 Å². The summed E-state index contributed by atoms with van der Waals surface area (Å²) in [4.78, 5) is 43.8. The number of hydrogen-bond acceptors (Lipinski definition) is 5. The average molecular weight is 651 g/mol. The van der Waals surface area contributed by atoms with Crippen LogP contribution in [0, 0.1) is 17.0 Å². The lowest BCUT2D eigenvalue weighted by atomic mass is 9.62. The third kappa shape index (κ3) is 6.06. The summed E-state index contributed by atoms with van der Waals surface area (Å²) < 4.78 is 30.9. The number of carbonyl (C=O) groups is 3. The van der Waals surface area contributed by atoms with E-state index in [-0.39, 0.29) is 32.8 Å². The van der Waals surface area contributed by atoms with Gasteiger partial charge in [0.05, 0.1) is 16.1 Å². The van der Waals surface area contributed by atoms with Crippen molar-refractivity contribution in [2.24, 2.45) is 5.41 Å². The van der Waals surface area contributed by atoms with Crippen LogP contribution in [0.5, 0.6) is 0 Å². The standard InChI is InChI=1S/C32H39Cl2F2N5O3/c1-18(42)41-13-11-40(12-14-41)10-6-9-37-29(43)28-26(19-7-5-8-21(33)27(19)36)32(25(39-28)17-31(2,3)4)20-15-23(35)22(34)16-24(20)38-30(32)44/h5,7-8,15-16,25-26,28,39H,6,9-14,17H2,1-4H3,(H,37,43)(H,38,44)/t25-,26+,28-,32+/m1/s1. The smallest absolute Gasteiger partial charge is 0.237 e. The number of anilines is 1. The second-order valence-electron chi connectivity index (χ2n) is 13.2. The average Bonchev–Trinajstić information content (AvgIpc) is 3.42. The number of piperazine rings is 1. The maximum absolute atomic E-state index is 15.9. The molecule has 2 fully saturated rings. The molecule has 0 aliphatic carbocycles. The molecule has 238 valence electrons. The summed E-state index contributed by atoms with van der Waals surface area (Å²) in [6.45, 7) is 11.6. The highest BCUT2D eigenvalue weighted by molar-refractivity contribution is 6.31. The minimum atomic E-state index is -1.53. The van der Waals surface area contributed by atoms with Gasteiger partial charge in [0.25, 0.3) is 0 Å². The lowest BCUT2D eigenvalue weighted by molar-refractivity contribution is -0.130. The highest BCUT2D eigenvalue weighted by Crippen LogP contribution is 2.57. The first-order chi connectivity index (χ1) is 20.7. The van der Waals surface area contributed by atoms with E-state index in [1.54, 1.807) is 13.0 Å². The fraction of sp³-hybridized carbons (Fsp3) is 0.531. The van der Waals surface area contributed by atoms with Crippen LogP contribution in [0.1, 0.15) is 57.6 Å². The molecule has 3 amide bonds. The normalized spacial score (nSPS) is 25.3. The van der Waals surface area contributed by atoms with E-state index in [1.807, 2.05) is 25.7 Å². The first kappa shape index (κ1) is 32.6. The third-order valence-electron chi connectivity index (χ3n) is 9.07. The summed E-state index contributed by atoms with van der Waals surface area (Å²) in [7, 11) is 0. The van der Waals surface area contributed by atoms with E-state index in [2.05, 4.69) is 20.9 Å². The van der Waals surface area contributed by atoms with Crippen LogP contribution in [0.4, 0.5) is 14.5 Å². The van der Waals surface area contributed by atoms with Gasteiger partial charge in [-0.25, -0.2) is 8.78 Å². The Bertz CT molecular complexity index is 1460. The van der Waals surface area contributed by atoms with E-state index in [1.165, 1.54) is 24.3 Å². The van der Waals surface area contributed by atoms with E-state index in [4.69, 9.17) is 23.2 Å². The van der Waals surface area contributed by atoms with Crippen LogP contribution in [0.3, 0.4) is 0 Å². The Labute approximate surface area is 266 Å². The molecule has 1 spiro atoms. The van der Waals surface area contributed by atoms with Gasteiger partial charge < -0.3 is 20.9 Å². The Kier molecular flexibility index (Phi) is 9.29. The van der Waals surface area contributed by atoms with Crippen molar-refractivity contribution in [3.63, 3.8) is 0 Å². The van der Waals surface area contributed by atoms with Crippen LogP contribution in [0.2, 0.25) is 10.0 Å². The van der Waals surface area contributed by atoms with Crippen molar-refractivity contribution in [2.45, 2.75) is 64.0 Å². The number of fused-ring (bicyclic) bond motifs is 2. The molecule has 2 aromatic carbocycles. The first-order valence-electron chi connectivity index (χ1n) is 15.0. The molecule has 3 aliphatic heterocycles. The molecule has 0 saturated carbocycles. The summed E-state index contributed by atoms with van der Waals surface area (Å²) in [6, 6.07) is 5.45. The second-order valence-corrected chi connectivity index (χ2v) is 14.0. The van der Waals surface area contributed by atoms with Gasteiger partial charge in [0.15, 0.2) is 0 Å². The molecule has 4 atom stereocenters. The Morgan fingerprint density at radius 2 is 1.80 bits per heavy atom. The molecule has 0 unspecified atom stereocenters. The van der Waals surface area contributed by atoms with Gasteiger partial charge in [0.2, 0.25) is 17.7 Å². The minimum absolute atomic E-state index is 0.0682.